The molecular formula is C18H33N3. The highest BCUT2D eigenvalue weighted by Crippen LogP contribution is 2.20. The van der Waals surface area contributed by atoms with E-state index in [2.05, 4.69) is 62.9 Å². The molecule has 0 fully saturated rings. The Morgan fingerprint density at radius 1 is 1.14 bits per heavy atom. The smallest absolute Gasteiger partial charge is 0.0368 e. The van der Waals surface area contributed by atoms with Gasteiger partial charge in [0.25, 0.3) is 0 Å². The predicted octanol–water partition coefficient (Wildman–Crippen LogP) is 3.05. The molecule has 3 nitrogen and oxygen atoms in total. The number of rotatable bonds is 9. The molecule has 0 aliphatic heterocycles. The van der Waals surface area contributed by atoms with E-state index in [-0.39, 0.29) is 6.04 Å². The first-order chi connectivity index (χ1) is 9.97. The average Bonchev–Trinajstić information content (AvgIpc) is 2.45. The Balaban J connectivity index is 2.70. The third-order valence-corrected chi connectivity index (χ3v) is 4.11. The molecule has 1 atom stereocenters. The summed E-state index contributed by atoms with van der Waals surface area (Å²) in [6.45, 7) is 9.89. The molecule has 1 unspecified atom stereocenters. The van der Waals surface area contributed by atoms with Crippen molar-refractivity contribution in [2.24, 2.45) is 5.73 Å². The van der Waals surface area contributed by atoms with Crippen molar-refractivity contribution in [3.8, 4) is 0 Å². The Morgan fingerprint density at radius 3 is 2.38 bits per heavy atom. The van der Waals surface area contributed by atoms with E-state index in [0.717, 1.165) is 32.5 Å². The molecule has 0 saturated carbocycles. The van der Waals surface area contributed by atoms with E-state index in [9.17, 15) is 0 Å². The summed E-state index contributed by atoms with van der Waals surface area (Å²) in [6, 6.07) is 7.10. The molecule has 21 heavy (non-hydrogen) atoms. The number of nitrogens with two attached hydrogens (primary N) is 1. The Bertz CT molecular complexity index is 415. The van der Waals surface area contributed by atoms with E-state index in [0.29, 0.717) is 0 Å². The lowest BCUT2D eigenvalue weighted by Crippen LogP contribution is -2.27. The lowest BCUT2D eigenvalue weighted by atomic mass is 9.99. The molecule has 3 heteroatoms. The molecule has 0 radical (unpaired) electrons. The minimum absolute atomic E-state index is 0.275. The first-order valence-corrected chi connectivity index (χ1v) is 8.22. The molecule has 1 aromatic rings. The minimum atomic E-state index is 0.275. The van der Waals surface area contributed by atoms with Crippen molar-refractivity contribution in [2.75, 3.05) is 38.6 Å². The second kappa shape index (κ2) is 9.06. The number of aryl methyl sites for hydroxylation is 1. The van der Waals surface area contributed by atoms with Gasteiger partial charge in [0, 0.05) is 24.8 Å². The highest BCUT2D eigenvalue weighted by atomic mass is 15.1. The zero-order valence-corrected chi connectivity index (χ0v) is 14.5. The maximum Gasteiger partial charge on any atom is 0.0368 e. The molecule has 0 aliphatic rings. The van der Waals surface area contributed by atoms with Gasteiger partial charge < -0.3 is 15.5 Å². The van der Waals surface area contributed by atoms with Crippen LogP contribution < -0.4 is 10.6 Å². The van der Waals surface area contributed by atoms with Crippen LogP contribution in [0.15, 0.2) is 18.2 Å². The first kappa shape index (κ1) is 18.0. The molecule has 0 aromatic heterocycles. The Labute approximate surface area is 131 Å². The van der Waals surface area contributed by atoms with Crippen molar-refractivity contribution in [3.63, 3.8) is 0 Å². The van der Waals surface area contributed by atoms with Crippen LogP contribution in [0.4, 0.5) is 5.69 Å². The lowest BCUT2D eigenvalue weighted by Gasteiger charge is -2.25. The molecule has 0 spiro atoms. The standard InChI is InChI=1S/C18H33N3/c1-6-17(19)14-16-9-10-18(13-15(16)3)21(7-2)12-8-11-20(4)5/h9-10,13,17H,6-8,11-12,14,19H2,1-5H3. The second-order valence-electron chi connectivity index (χ2n) is 6.22. The van der Waals surface area contributed by atoms with Crippen molar-refractivity contribution < 1.29 is 0 Å². The van der Waals surface area contributed by atoms with Crippen LogP contribution in [0.2, 0.25) is 0 Å². The summed E-state index contributed by atoms with van der Waals surface area (Å²) >= 11 is 0. The number of nitrogens with zero attached hydrogens (tertiary/aromatic N) is 2. The Hall–Kier alpha value is -1.06. The number of hydrogen-bond acceptors (Lipinski definition) is 3. The van der Waals surface area contributed by atoms with Gasteiger partial charge in [-0.2, -0.15) is 0 Å². The van der Waals surface area contributed by atoms with Gasteiger partial charge in [0.15, 0.2) is 0 Å². The largest absolute Gasteiger partial charge is 0.372 e. The molecule has 1 aromatic carbocycles. The highest BCUT2D eigenvalue weighted by Gasteiger charge is 2.09. The van der Waals surface area contributed by atoms with Gasteiger partial charge >= 0.3 is 0 Å². The third kappa shape index (κ3) is 6.06. The first-order valence-electron chi connectivity index (χ1n) is 8.22. The van der Waals surface area contributed by atoms with Crippen molar-refractivity contribution in [1.29, 1.82) is 0 Å². The summed E-state index contributed by atoms with van der Waals surface area (Å²) in [6.07, 6.45) is 3.21. The summed E-state index contributed by atoms with van der Waals surface area (Å²) in [7, 11) is 4.26. The predicted molar refractivity (Wildman–Crippen MR) is 94.2 cm³/mol. The third-order valence-electron chi connectivity index (χ3n) is 4.11. The van der Waals surface area contributed by atoms with E-state index in [1.807, 2.05) is 0 Å². The summed E-state index contributed by atoms with van der Waals surface area (Å²) in [5, 5.41) is 0. The van der Waals surface area contributed by atoms with Gasteiger partial charge in [-0.05, 0) is 77.0 Å². The zero-order chi connectivity index (χ0) is 15.8. The van der Waals surface area contributed by atoms with Crippen LogP contribution >= 0.6 is 0 Å². The van der Waals surface area contributed by atoms with Gasteiger partial charge in [0.1, 0.15) is 0 Å². The van der Waals surface area contributed by atoms with E-state index in [4.69, 9.17) is 5.73 Å². The molecule has 2 N–H and O–H groups in total. The molecular weight excluding hydrogens is 258 g/mol. The highest BCUT2D eigenvalue weighted by molar-refractivity contribution is 5.51. The summed E-state index contributed by atoms with van der Waals surface area (Å²) < 4.78 is 0. The van der Waals surface area contributed by atoms with Gasteiger partial charge in [-0.3, -0.25) is 0 Å². The molecule has 0 amide bonds. The van der Waals surface area contributed by atoms with Crippen LogP contribution in [0.1, 0.15) is 37.8 Å². The van der Waals surface area contributed by atoms with Crippen molar-refractivity contribution in [2.45, 2.75) is 46.1 Å². The average molecular weight is 291 g/mol. The van der Waals surface area contributed by atoms with Crippen molar-refractivity contribution >= 4 is 5.69 Å². The van der Waals surface area contributed by atoms with Crippen LogP contribution in [-0.4, -0.2) is 44.7 Å². The summed E-state index contributed by atoms with van der Waals surface area (Å²) in [5.74, 6) is 0. The van der Waals surface area contributed by atoms with Crippen LogP contribution in [0.3, 0.4) is 0 Å². The number of anilines is 1. The van der Waals surface area contributed by atoms with E-state index >= 15 is 0 Å². The van der Waals surface area contributed by atoms with Gasteiger partial charge in [0.2, 0.25) is 0 Å². The van der Waals surface area contributed by atoms with Crippen molar-refractivity contribution in [1.82, 2.24) is 4.90 Å². The van der Waals surface area contributed by atoms with Gasteiger partial charge in [0.05, 0.1) is 0 Å². The molecule has 0 bridgehead atoms. The fraction of sp³-hybridized carbons (Fsp3) is 0.667. The quantitative estimate of drug-likeness (QED) is 0.759. The molecule has 1 rings (SSSR count). The molecule has 0 saturated heterocycles. The zero-order valence-electron chi connectivity index (χ0n) is 14.5. The molecule has 0 heterocycles. The topological polar surface area (TPSA) is 32.5 Å². The number of benzene rings is 1. The maximum absolute atomic E-state index is 6.08. The van der Waals surface area contributed by atoms with Crippen LogP contribution in [0.25, 0.3) is 0 Å². The monoisotopic (exact) mass is 291 g/mol. The second-order valence-corrected chi connectivity index (χ2v) is 6.22. The van der Waals surface area contributed by atoms with Gasteiger partial charge in [-0.15, -0.1) is 0 Å². The van der Waals surface area contributed by atoms with Gasteiger partial charge in [-0.1, -0.05) is 13.0 Å². The SMILES string of the molecule is CCC(N)Cc1ccc(N(CC)CCCN(C)C)cc1C. The van der Waals surface area contributed by atoms with E-state index in [1.165, 1.54) is 23.2 Å². The normalized spacial score (nSPS) is 12.7. The van der Waals surface area contributed by atoms with Crippen LogP contribution in [0, 0.1) is 6.92 Å². The Morgan fingerprint density at radius 2 is 1.86 bits per heavy atom. The van der Waals surface area contributed by atoms with Gasteiger partial charge in [-0.25, -0.2) is 0 Å². The molecule has 0 aliphatic carbocycles. The number of hydrogen-bond donors (Lipinski definition) is 1. The van der Waals surface area contributed by atoms with E-state index in [1.54, 1.807) is 0 Å². The van der Waals surface area contributed by atoms with E-state index < -0.39 is 0 Å². The maximum atomic E-state index is 6.08. The fourth-order valence-corrected chi connectivity index (χ4v) is 2.58. The van der Waals surface area contributed by atoms with Crippen LogP contribution in [0.5, 0.6) is 0 Å². The fourth-order valence-electron chi connectivity index (χ4n) is 2.58. The lowest BCUT2D eigenvalue weighted by molar-refractivity contribution is 0.400. The van der Waals surface area contributed by atoms with Crippen LogP contribution in [-0.2, 0) is 6.42 Å². The summed E-state index contributed by atoms with van der Waals surface area (Å²) in [4.78, 5) is 4.70. The summed E-state index contributed by atoms with van der Waals surface area (Å²) in [5.41, 5.74) is 10.2. The Kier molecular flexibility index (Phi) is 7.76. The van der Waals surface area contributed by atoms with Crippen molar-refractivity contribution in [3.05, 3.63) is 29.3 Å². The molecule has 120 valence electrons. The minimum Gasteiger partial charge on any atom is -0.372 e.